The van der Waals surface area contributed by atoms with Crippen LogP contribution >= 0.6 is 11.8 Å². The lowest BCUT2D eigenvalue weighted by molar-refractivity contribution is -0.142. The molecule has 0 spiro atoms. The fourth-order valence-electron chi connectivity index (χ4n) is 6.57. The molecule has 318 valence electrons. The first-order chi connectivity index (χ1) is 27.4. The highest BCUT2D eigenvalue weighted by molar-refractivity contribution is 7.98. The highest BCUT2D eigenvalue weighted by atomic mass is 32.2. The van der Waals surface area contributed by atoms with Gasteiger partial charge in [-0.05, 0) is 75.5 Å². The number of benzene rings is 2. The molecule has 1 aliphatic rings. The van der Waals surface area contributed by atoms with E-state index in [2.05, 4.69) is 21.3 Å². The van der Waals surface area contributed by atoms with Crippen LogP contribution < -0.4 is 27.0 Å². The number of amides is 7. The third kappa shape index (κ3) is 15.3. The number of hydrogen-bond acceptors (Lipinski definition) is 9. The van der Waals surface area contributed by atoms with E-state index in [0.717, 1.165) is 11.1 Å². The maximum Gasteiger partial charge on any atom is 0.410 e. The van der Waals surface area contributed by atoms with E-state index in [1.165, 1.54) is 28.6 Å². The second-order valence-electron chi connectivity index (χ2n) is 15.9. The highest BCUT2D eigenvalue weighted by Crippen LogP contribution is 2.22. The summed E-state index contributed by atoms with van der Waals surface area (Å²) in [5.74, 6) is -3.02. The summed E-state index contributed by atoms with van der Waals surface area (Å²) in [6.07, 6.45) is 3.00. The average molecular weight is 824 g/mol. The summed E-state index contributed by atoms with van der Waals surface area (Å²) in [6, 6.07) is 13.2. The summed E-state index contributed by atoms with van der Waals surface area (Å²) in [7, 11) is 1.47. The van der Waals surface area contributed by atoms with Crippen LogP contribution in [0.4, 0.5) is 4.79 Å². The number of ether oxygens (including phenoxy) is 1. The Morgan fingerprint density at radius 1 is 0.862 bits per heavy atom. The lowest BCUT2D eigenvalue weighted by atomic mass is 10.0. The van der Waals surface area contributed by atoms with Gasteiger partial charge in [-0.15, -0.1) is 0 Å². The van der Waals surface area contributed by atoms with Crippen molar-refractivity contribution in [2.45, 2.75) is 109 Å². The lowest BCUT2D eigenvalue weighted by Crippen LogP contribution is -2.58. The van der Waals surface area contributed by atoms with Crippen molar-refractivity contribution < 1.29 is 38.3 Å². The summed E-state index contributed by atoms with van der Waals surface area (Å²) in [6.45, 7) is 8.81. The first-order valence-electron chi connectivity index (χ1n) is 19.7. The molecular formula is C42H61N7O8S. The Morgan fingerprint density at radius 2 is 1.47 bits per heavy atom. The van der Waals surface area contributed by atoms with Crippen molar-refractivity contribution in [2.24, 2.45) is 11.7 Å². The molecule has 5 atom stereocenters. The van der Waals surface area contributed by atoms with Crippen LogP contribution in [-0.4, -0.2) is 119 Å². The minimum Gasteiger partial charge on any atom is -0.444 e. The smallest absolute Gasteiger partial charge is 0.410 e. The summed E-state index contributed by atoms with van der Waals surface area (Å²) < 4.78 is 5.55. The molecule has 6 N–H and O–H groups in total. The van der Waals surface area contributed by atoms with Gasteiger partial charge in [0.25, 0.3) is 0 Å². The molecule has 0 unspecified atom stereocenters. The zero-order valence-electron chi connectivity index (χ0n) is 34.7. The maximum absolute atomic E-state index is 14.5. The quantitative estimate of drug-likeness (QED) is 0.133. The van der Waals surface area contributed by atoms with Crippen LogP contribution in [0.15, 0.2) is 60.7 Å². The van der Waals surface area contributed by atoms with Crippen LogP contribution in [0.5, 0.6) is 0 Å². The van der Waals surface area contributed by atoms with Gasteiger partial charge in [-0.3, -0.25) is 33.7 Å². The molecule has 1 saturated heterocycles. The van der Waals surface area contributed by atoms with E-state index in [-0.39, 0.29) is 25.2 Å². The third-order valence-electron chi connectivity index (χ3n) is 9.52. The Hall–Kier alpha value is -5.12. The number of likely N-dealkylation sites (tertiary alicyclic amines) is 1. The summed E-state index contributed by atoms with van der Waals surface area (Å²) in [5, 5.41) is 10.8. The van der Waals surface area contributed by atoms with Crippen molar-refractivity contribution in [3.05, 3.63) is 71.8 Å². The monoisotopic (exact) mass is 823 g/mol. The molecule has 0 radical (unpaired) electrons. The molecule has 1 aliphatic heterocycles. The molecular weight excluding hydrogens is 763 g/mol. The standard InChI is InChI=1S/C42H61N7O8S/c1-27(2)23-31(37(52)46-30(36(43)51)20-22-58-7)45-35(50)26-44-38(53)34(25-29-17-12-9-13-18-29)48(6)40(55)32(24-28-15-10-8-11-16-28)47-39(54)33-19-14-21-49(33)41(56)57-42(3,4)5/h8-13,15-18,27,30-34H,14,19-26H2,1-7H3,(H2,43,51)(H,44,53)(H,45,50)(H,46,52)(H,47,54)/t30-,31-,32-,33-,34-/m0/s1. The average Bonchev–Trinajstić information content (AvgIpc) is 3.67. The SMILES string of the molecule is CSCC[C@H](NC(=O)[C@H](CC(C)C)NC(=O)CNC(=O)[C@H](Cc1ccccc1)N(C)C(=O)[C@H](Cc1ccccc1)NC(=O)[C@@H]1CCCN1C(=O)OC(C)(C)C)C(N)=O. The van der Waals surface area contributed by atoms with E-state index in [0.29, 0.717) is 31.6 Å². The molecule has 16 heteroatoms. The number of nitrogens with zero attached hydrogens (tertiary/aromatic N) is 2. The Morgan fingerprint density at radius 3 is 2.02 bits per heavy atom. The lowest BCUT2D eigenvalue weighted by Gasteiger charge is -2.32. The molecule has 58 heavy (non-hydrogen) atoms. The van der Waals surface area contributed by atoms with Crippen LogP contribution in [0, 0.1) is 5.92 Å². The molecule has 2 aromatic rings. The van der Waals surface area contributed by atoms with Crippen LogP contribution in [0.25, 0.3) is 0 Å². The Kier molecular flexibility index (Phi) is 18.5. The largest absolute Gasteiger partial charge is 0.444 e. The van der Waals surface area contributed by atoms with Crippen molar-refractivity contribution >= 4 is 53.3 Å². The first-order valence-corrected chi connectivity index (χ1v) is 21.1. The van der Waals surface area contributed by atoms with Crippen LogP contribution in [0.2, 0.25) is 0 Å². The van der Waals surface area contributed by atoms with E-state index < -0.39 is 83.9 Å². The fraction of sp³-hybridized carbons (Fsp3) is 0.548. The molecule has 0 aliphatic carbocycles. The predicted molar refractivity (Wildman–Crippen MR) is 223 cm³/mol. The van der Waals surface area contributed by atoms with Gasteiger partial charge in [-0.2, -0.15) is 11.8 Å². The number of carbonyl (C=O) groups is 7. The van der Waals surface area contributed by atoms with Gasteiger partial charge in [0.15, 0.2) is 0 Å². The molecule has 1 fully saturated rings. The highest BCUT2D eigenvalue weighted by Gasteiger charge is 2.39. The number of hydrogen-bond donors (Lipinski definition) is 5. The van der Waals surface area contributed by atoms with Crippen molar-refractivity contribution in [3.8, 4) is 0 Å². The fourth-order valence-corrected chi connectivity index (χ4v) is 7.04. The van der Waals surface area contributed by atoms with E-state index in [1.807, 2.05) is 68.6 Å². The van der Waals surface area contributed by atoms with Gasteiger partial charge in [0.1, 0.15) is 35.8 Å². The van der Waals surface area contributed by atoms with Crippen molar-refractivity contribution in [1.29, 1.82) is 0 Å². The number of likely N-dealkylation sites (N-methyl/N-ethyl adjacent to an activating group) is 1. The van der Waals surface area contributed by atoms with Gasteiger partial charge in [0, 0.05) is 26.4 Å². The van der Waals surface area contributed by atoms with Crippen LogP contribution in [0.1, 0.15) is 71.4 Å². The summed E-state index contributed by atoms with van der Waals surface area (Å²) in [4.78, 5) is 96.5. The van der Waals surface area contributed by atoms with E-state index in [4.69, 9.17) is 10.5 Å². The Balaban J connectivity index is 1.82. The van der Waals surface area contributed by atoms with Gasteiger partial charge in [-0.1, -0.05) is 74.5 Å². The predicted octanol–water partition coefficient (Wildman–Crippen LogP) is 2.55. The van der Waals surface area contributed by atoms with Crippen molar-refractivity contribution in [3.63, 3.8) is 0 Å². The normalized spacial score (nSPS) is 16.0. The zero-order valence-corrected chi connectivity index (χ0v) is 35.6. The van der Waals surface area contributed by atoms with E-state index >= 15 is 0 Å². The van der Waals surface area contributed by atoms with Gasteiger partial charge >= 0.3 is 6.09 Å². The second-order valence-corrected chi connectivity index (χ2v) is 16.9. The van der Waals surface area contributed by atoms with Gasteiger partial charge in [0.05, 0.1) is 6.54 Å². The van der Waals surface area contributed by atoms with E-state index in [1.54, 1.807) is 32.9 Å². The number of nitrogens with one attached hydrogen (secondary N) is 4. The zero-order chi connectivity index (χ0) is 43.0. The molecule has 0 aromatic heterocycles. The topological polar surface area (TPSA) is 209 Å². The summed E-state index contributed by atoms with van der Waals surface area (Å²) in [5.41, 5.74) is 6.26. The minimum absolute atomic E-state index is 0.00263. The van der Waals surface area contributed by atoms with Gasteiger partial charge in [-0.25, -0.2) is 4.79 Å². The molecule has 1 heterocycles. The van der Waals surface area contributed by atoms with Crippen molar-refractivity contribution in [1.82, 2.24) is 31.1 Å². The Labute approximate surface area is 346 Å². The van der Waals surface area contributed by atoms with E-state index in [9.17, 15) is 33.6 Å². The van der Waals surface area contributed by atoms with Crippen LogP contribution in [-0.2, 0) is 46.3 Å². The molecule has 3 rings (SSSR count). The maximum atomic E-state index is 14.5. The molecule has 15 nitrogen and oxygen atoms in total. The molecule has 7 amide bonds. The first kappa shape index (κ1) is 47.3. The molecule has 2 aromatic carbocycles. The molecule has 0 bridgehead atoms. The second kappa shape index (κ2) is 22.7. The minimum atomic E-state index is -1.12. The Bertz CT molecular complexity index is 1710. The molecule has 0 saturated carbocycles. The summed E-state index contributed by atoms with van der Waals surface area (Å²) >= 11 is 1.50. The van der Waals surface area contributed by atoms with Gasteiger partial charge in [0.2, 0.25) is 35.4 Å². The van der Waals surface area contributed by atoms with Gasteiger partial charge < -0.3 is 36.6 Å². The van der Waals surface area contributed by atoms with Crippen molar-refractivity contribution in [2.75, 3.05) is 32.1 Å². The van der Waals surface area contributed by atoms with Crippen LogP contribution in [0.3, 0.4) is 0 Å². The number of carbonyl (C=O) groups excluding carboxylic acids is 7. The number of rotatable bonds is 20. The third-order valence-corrected chi connectivity index (χ3v) is 10.2. The number of primary amides is 1. The number of thioether (sulfide) groups is 1. The number of nitrogens with two attached hydrogens (primary N) is 1.